The quantitative estimate of drug-likeness (QED) is 0.447. The summed E-state index contributed by atoms with van der Waals surface area (Å²) in [6, 6.07) is 21.4. The number of aromatic nitrogens is 3. The minimum atomic E-state index is 0.455. The normalized spacial score (nSPS) is 16.6. The summed E-state index contributed by atoms with van der Waals surface area (Å²) in [5.74, 6) is 2.00. The summed E-state index contributed by atoms with van der Waals surface area (Å²) in [7, 11) is 1.69. The second-order valence-electron chi connectivity index (χ2n) is 9.45. The fourth-order valence-corrected chi connectivity index (χ4v) is 5.31. The van der Waals surface area contributed by atoms with Crippen LogP contribution in [0.25, 0.3) is 16.9 Å². The van der Waals surface area contributed by atoms with Gasteiger partial charge < -0.3 is 10.1 Å². The van der Waals surface area contributed by atoms with Crippen LogP contribution in [-0.2, 0) is 19.4 Å². The molecule has 3 heterocycles. The van der Waals surface area contributed by atoms with Gasteiger partial charge in [-0.2, -0.15) is 9.61 Å². The van der Waals surface area contributed by atoms with Gasteiger partial charge >= 0.3 is 0 Å². The molecule has 2 aromatic heterocycles. The molecular weight excluding hydrogens is 422 g/mol. The number of likely N-dealkylation sites (tertiary alicyclic amines) is 1. The van der Waals surface area contributed by atoms with Crippen molar-refractivity contribution in [2.75, 3.05) is 25.5 Å². The van der Waals surface area contributed by atoms with Crippen molar-refractivity contribution in [2.45, 2.75) is 44.7 Å². The van der Waals surface area contributed by atoms with Gasteiger partial charge in [0, 0.05) is 48.6 Å². The molecule has 0 unspecified atom stereocenters. The van der Waals surface area contributed by atoms with E-state index >= 15 is 0 Å². The van der Waals surface area contributed by atoms with E-state index in [1.54, 1.807) is 7.11 Å². The first-order valence-corrected chi connectivity index (χ1v) is 12.4. The van der Waals surface area contributed by atoms with E-state index in [1.807, 2.05) is 16.6 Å². The number of nitrogens with one attached hydrogen (secondary N) is 1. The number of fused-ring (bicyclic) bond motifs is 2. The lowest BCUT2D eigenvalue weighted by atomic mass is 10.0. The van der Waals surface area contributed by atoms with E-state index < -0.39 is 0 Å². The van der Waals surface area contributed by atoms with Crippen LogP contribution in [0.4, 0.5) is 5.82 Å². The van der Waals surface area contributed by atoms with Crippen molar-refractivity contribution in [2.24, 2.45) is 0 Å². The van der Waals surface area contributed by atoms with Gasteiger partial charge in [0.2, 0.25) is 0 Å². The first-order valence-electron chi connectivity index (χ1n) is 12.4. The Hall–Kier alpha value is -3.38. The summed E-state index contributed by atoms with van der Waals surface area (Å²) in [6.07, 6.45) is 5.57. The van der Waals surface area contributed by atoms with Crippen LogP contribution in [0.3, 0.4) is 0 Å². The molecule has 1 fully saturated rings. The van der Waals surface area contributed by atoms with E-state index in [2.05, 4.69) is 58.7 Å². The van der Waals surface area contributed by atoms with Crippen LogP contribution in [0.2, 0.25) is 0 Å². The number of rotatable bonds is 6. The number of ether oxygens (including phenoxy) is 1. The molecule has 2 aliphatic rings. The standard InChI is InChI=1S/C28H31N5O/c1-34-23-12-10-21(11-13-23)26-18-27-30-25-9-5-8-24(25)28(33(27)31-26)29-22-14-16-32(17-15-22)19-20-6-3-2-4-7-20/h2-4,6-7,10-13,18,22,29H,5,8-9,14-17,19H2,1H3. The Bertz CT molecular complexity index is 1270. The molecule has 6 heteroatoms. The van der Waals surface area contributed by atoms with Crippen molar-refractivity contribution < 1.29 is 4.74 Å². The van der Waals surface area contributed by atoms with Crippen LogP contribution in [0.15, 0.2) is 60.7 Å². The molecule has 2 aromatic carbocycles. The van der Waals surface area contributed by atoms with Crippen molar-refractivity contribution in [3.63, 3.8) is 0 Å². The average molecular weight is 454 g/mol. The molecule has 174 valence electrons. The summed E-state index contributed by atoms with van der Waals surface area (Å²) in [6.45, 7) is 3.26. The highest BCUT2D eigenvalue weighted by Crippen LogP contribution is 2.32. The third-order valence-corrected chi connectivity index (χ3v) is 7.19. The van der Waals surface area contributed by atoms with Crippen molar-refractivity contribution >= 4 is 11.5 Å². The Morgan fingerprint density at radius 2 is 1.79 bits per heavy atom. The van der Waals surface area contributed by atoms with Gasteiger partial charge in [0.15, 0.2) is 5.65 Å². The van der Waals surface area contributed by atoms with Crippen LogP contribution >= 0.6 is 0 Å². The molecule has 0 spiro atoms. The zero-order valence-corrected chi connectivity index (χ0v) is 19.7. The number of aryl methyl sites for hydroxylation is 1. The van der Waals surface area contributed by atoms with Crippen LogP contribution in [0.1, 0.15) is 36.1 Å². The van der Waals surface area contributed by atoms with Gasteiger partial charge in [-0.25, -0.2) is 4.98 Å². The molecule has 6 rings (SSSR count). The SMILES string of the molecule is COc1ccc(-c2cc3nc4c(c(NC5CCN(Cc6ccccc6)CC5)n3n2)CCC4)cc1. The minimum Gasteiger partial charge on any atom is -0.497 e. The first-order chi connectivity index (χ1) is 16.8. The molecule has 1 aliphatic heterocycles. The lowest BCUT2D eigenvalue weighted by Gasteiger charge is -2.33. The highest BCUT2D eigenvalue weighted by Gasteiger charge is 2.25. The van der Waals surface area contributed by atoms with Crippen molar-refractivity contribution in [3.8, 4) is 17.0 Å². The zero-order chi connectivity index (χ0) is 22.9. The molecule has 0 saturated carbocycles. The fourth-order valence-electron chi connectivity index (χ4n) is 5.31. The van der Waals surface area contributed by atoms with Crippen molar-refractivity contribution in [3.05, 3.63) is 77.5 Å². The lowest BCUT2D eigenvalue weighted by Crippen LogP contribution is -2.39. The fraction of sp³-hybridized carbons (Fsp3) is 0.357. The third kappa shape index (κ3) is 4.14. The Morgan fingerprint density at radius 1 is 1.00 bits per heavy atom. The van der Waals surface area contributed by atoms with Gasteiger partial charge in [-0.1, -0.05) is 30.3 Å². The maximum Gasteiger partial charge on any atom is 0.158 e. The van der Waals surface area contributed by atoms with Gasteiger partial charge in [-0.3, -0.25) is 4.90 Å². The van der Waals surface area contributed by atoms with Crippen LogP contribution in [0.5, 0.6) is 5.75 Å². The monoisotopic (exact) mass is 453 g/mol. The number of hydrogen-bond acceptors (Lipinski definition) is 5. The maximum atomic E-state index is 5.31. The molecule has 0 bridgehead atoms. The third-order valence-electron chi connectivity index (χ3n) is 7.19. The minimum absolute atomic E-state index is 0.455. The maximum absolute atomic E-state index is 5.31. The van der Waals surface area contributed by atoms with Crippen LogP contribution in [-0.4, -0.2) is 45.7 Å². The number of piperidine rings is 1. The van der Waals surface area contributed by atoms with Gasteiger partial charge in [0.1, 0.15) is 11.6 Å². The molecule has 1 saturated heterocycles. The number of benzene rings is 2. The zero-order valence-electron chi connectivity index (χ0n) is 19.7. The van der Waals surface area contributed by atoms with E-state index in [0.29, 0.717) is 6.04 Å². The second-order valence-corrected chi connectivity index (χ2v) is 9.45. The van der Waals surface area contributed by atoms with Gasteiger partial charge in [-0.15, -0.1) is 0 Å². The van der Waals surface area contributed by atoms with Crippen molar-refractivity contribution in [1.82, 2.24) is 19.5 Å². The summed E-state index contributed by atoms with van der Waals surface area (Å²) in [5, 5.41) is 8.90. The number of methoxy groups -OCH3 is 1. The van der Waals surface area contributed by atoms with E-state index in [1.165, 1.54) is 23.2 Å². The number of nitrogens with zero attached hydrogens (tertiary/aromatic N) is 4. The van der Waals surface area contributed by atoms with Crippen LogP contribution < -0.4 is 10.1 Å². The Labute approximate surface area is 200 Å². The Morgan fingerprint density at radius 3 is 2.56 bits per heavy atom. The second kappa shape index (κ2) is 9.11. The lowest BCUT2D eigenvalue weighted by molar-refractivity contribution is 0.211. The molecular formula is C28H31N5O. The summed E-state index contributed by atoms with van der Waals surface area (Å²) >= 11 is 0. The molecule has 0 radical (unpaired) electrons. The highest BCUT2D eigenvalue weighted by molar-refractivity contribution is 5.68. The predicted octanol–water partition coefficient (Wildman–Crippen LogP) is 4.97. The Balaban J connectivity index is 1.23. The first kappa shape index (κ1) is 21.2. The number of hydrogen-bond donors (Lipinski definition) is 1. The highest BCUT2D eigenvalue weighted by atomic mass is 16.5. The molecule has 34 heavy (non-hydrogen) atoms. The molecule has 4 aromatic rings. The van der Waals surface area contributed by atoms with E-state index in [0.717, 1.165) is 73.8 Å². The van der Waals surface area contributed by atoms with Gasteiger partial charge in [-0.05, 0) is 61.9 Å². The molecule has 0 atom stereocenters. The van der Waals surface area contributed by atoms with E-state index in [9.17, 15) is 0 Å². The average Bonchev–Trinajstić information content (AvgIpc) is 3.53. The molecule has 1 N–H and O–H groups in total. The van der Waals surface area contributed by atoms with Gasteiger partial charge in [0.25, 0.3) is 0 Å². The topological polar surface area (TPSA) is 54.7 Å². The van der Waals surface area contributed by atoms with E-state index in [4.69, 9.17) is 14.8 Å². The van der Waals surface area contributed by atoms with Crippen LogP contribution in [0, 0.1) is 0 Å². The van der Waals surface area contributed by atoms with E-state index in [-0.39, 0.29) is 0 Å². The van der Waals surface area contributed by atoms with Gasteiger partial charge in [0.05, 0.1) is 12.8 Å². The molecule has 1 aliphatic carbocycles. The van der Waals surface area contributed by atoms with Crippen molar-refractivity contribution in [1.29, 1.82) is 0 Å². The molecule has 6 nitrogen and oxygen atoms in total. The predicted molar refractivity (Wildman–Crippen MR) is 135 cm³/mol. The smallest absolute Gasteiger partial charge is 0.158 e. The number of anilines is 1. The largest absolute Gasteiger partial charge is 0.497 e. The summed E-state index contributed by atoms with van der Waals surface area (Å²) < 4.78 is 7.35. The Kier molecular flexibility index (Phi) is 5.67. The molecule has 0 amide bonds. The summed E-state index contributed by atoms with van der Waals surface area (Å²) in [5.41, 5.74) is 6.92. The summed E-state index contributed by atoms with van der Waals surface area (Å²) in [4.78, 5) is 7.54.